The molecular formula is C44H22N6O. The zero-order valence-electron chi connectivity index (χ0n) is 26.8. The number of aromatic nitrogens is 6. The number of fused-ring (bicyclic) bond motifs is 8. The molecule has 234 valence electrons. The van der Waals surface area contributed by atoms with Crippen LogP contribution in [0.5, 0.6) is 0 Å². The van der Waals surface area contributed by atoms with E-state index in [-0.39, 0.29) is 0 Å². The van der Waals surface area contributed by atoms with Gasteiger partial charge in [0.05, 0.1) is 55.2 Å². The van der Waals surface area contributed by atoms with Crippen molar-refractivity contribution in [1.29, 1.82) is 0 Å². The lowest BCUT2D eigenvalue weighted by molar-refractivity contribution is 0.669. The molecule has 13 aromatic rings. The van der Waals surface area contributed by atoms with Gasteiger partial charge in [-0.1, -0.05) is 54.6 Å². The molecule has 0 fully saturated rings. The summed E-state index contributed by atoms with van der Waals surface area (Å²) in [6.07, 6.45) is 3.65. The molecule has 7 nitrogen and oxygen atoms in total. The van der Waals surface area contributed by atoms with E-state index in [1.807, 2.05) is 30.6 Å². The highest BCUT2D eigenvalue weighted by Gasteiger charge is 2.27. The molecule has 13 rings (SSSR count). The van der Waals surface area contributed by atoms with Crippen LogP contribution in [0.1, 0.15) is 0 Å². The van der Waals surface area contributed by atoms with Gasteiger partial charge in [0.2, 0.25) is 5.95 Å². The molecule has 0 radical (unpaired) electrons. The van der Waals surface area contributed by atoms with Crippen LogP contribution < -0.4 is 0 Å². The Balaban J connectivity index is 1.23. The maximum Gasteiger partial charge on any atom is 0.235 e. The van der Waals surface area contributed by atoms with E-state index in [0.717, 1.165) is 93.2 Å². The topological polar surface area (TPSA) is 74.0 Å². The Labute approximate surface area is 287 Å². The van der Waals surface area contributed by atoms with Gasteiger partial charge >= 0.3 is 0 Å². The minimum Gasteiger partial charge on any atom is -0.456 e. The highest BCUT2D eigenvalue weighted by atomic mass is 16.3. The summed E-state index contributed by atoms with van der Waals surface area (Å²) < 4.78 is 11.3. The van der Waals surface area contributed by atoms with E-state index in [2.05, 4.69) is 112 Å². The third-order valence-electron chi connectivity index (χ3n) is 10.9. The van der Waals surface area contributed by atoms with Gasteiger partial charge in [-0.15, -0.1) is 0 Å². The van der Waals surface area contributed by atoms with Crippen LogP contribution in [0.15, 0.2) is 138 Å². The standard InChI is InChI=1S/C44H22N6O/c1-3-12-29-27(10-1)41(28-22-23-8-6-20-45-40(23)42-25(28)11-7-21-46-42)48-44(47-29)50-32-15-5-14-31-36(32)37-33(50)17-19-34-38(37)39-35(51-34)18-16-26-24-9-2-4-13-30(24)49(31)43(26)39/h1-22H. The fraction of sp³-hybridized carbons (Fsp3) is 0. The molecule has 0 N–H and O–H groups in total. The molecule has 0 amide bonds. The quantitative estimate of drug-likeness (QED) is 0.174. The highest BCUT2D eigenvalue weighted by molar-refractivity contribution is 6.37. The average molecular weight is 651 g/mol. The number of rotatable bonds is 2. The van der Waals surface area contributed by atoms with Crippen molar-refractivity contribution >= 4 is 104 Å². The molecule has 7 heteroatoms. The Morgan fingerprint density at radius 1 is 0.490 bits per heavy atom. The average Bonchev–Trinajstić information content (AvgIpc) is 3.81. The maximum absolute atomic E-state index is 6.60. The van der Waals surface area contributed by atoms with E-state index < -0.39 is 0 Å². The Bertz CT molecular complexity index is 3610. The van der Waals surface area contributed by atoms with Crippen LogP contribution in [-0.2, 0) is 0 Å². The Morgan fingerprint density at radius 2 is 1.24 bits per heavy atom. The first-order chi connectivity index (χ1) is 25.3. The van der Waals surface area contributed by atoms with E-state index in [4.69, 9.17) is 24.4 Å². The first-order valence-electron chi connectivity index (χ1n) is 17.1. The van der Waals surface area contributed by atoms with E-state index in [9.17, 15) is 0 Å². The molecule has 0 aliphatic rings. The van der Waals surface area contributed by atoms with Crippen LogP contribution in [0.4, 0.5) is 0 Å². The van der Waals surface area contributed by atoms with Crippen molar-refractivity contribution < 1.29 is 4.42 Å². The summed E-state index contributed by atoms with van der Waals surface area (Å²) in [5.41, 5.74) is 11.8. The summed E-state index contributed by atoms with van der Waals surface area (Å²) >= 11 is 0. The molecule has 0 aliphatic heterocycles. The van der Waals surface area contributed by atoms with Gasteiger partial charge in [-0.3, -0.25) is 14.5 Å². The van der Waals surface area contributed by atoms with Gasteiger partial charge in [-0.2, -0.15) is 0 Å². The van der Waals surface area contributed by atoms with Crippen LogP contribution in [0.3, 0.4) is 0 Å². The van der Waals surface area contributed by atoms with Crippen molar-refractivity contribution in [3.8, 4) is 17.2 Å². The molecule has 0 aliphatic carbocycles. The highest BCUT2D eigenvalue weighted by Crippen LogP contribution is 2.48. The van der Waals surface area contributed by atoms with Gasteiger partial charge < -0.3 is 8.82 Å². The van der Waals surface area contributed by atoms with Gasteiger partial charge in [0.25, 0.3) is 0 Å². The van der Waals surface area contributed by atoms with Crippen LogP contribution >= 0.6 is 0 Å². The summed E-state index contributed by atoms with van der Waals surface area (Å²) in [6.45, 7) is 0. The monoisotopic (exact) mass is 650 g/mol. The molecule has 51 heavy (non-hydrogen) atoms. The van der Waals surface area contributed by atoms with E-state index in [1.54, 1.807) is 0 Å². The van der Waals surface area contributed by atoms with Gasteiger partial charge in [0.1, 0.15) is 11.2 Å². The number of hydrogen-bond donors (Lipinski definition) is 0. The van der Waals surface area contributed by atoms with E-state index >= 15 is 0 Å². The lowest BCUT2D eigenvalue weighted by atomic mass is 9.99. The largest absolute Gasteiger partial charge is 0.456 e. The Hall–Kier alpha value is -7.12. The summed E-state index contributed by atoms with van der Waals surface area (Å²) in [4.78, 5) is 20.3. The van der Waals surface area contributed by atoms with Crippen molar-refractivity contribution in [1.82, 2.24) is 28.9 Å². The SMILES string of the molecule is c1cnc2c(c1)cc(-c1nc(-n3c4ccc5oc6ccc7c8ccccc8n8c9cccc3c9c4c5c6c78)nc3ccccc13)c1cccnc12. The van der Waals surface area contributed by atoms with Crippen LogP contribution in [0.25, 0.3) is 121 Å². The summed E-state index contributed by atoms with van der Waals surface area (Å²) in [6, 6.07) is 42.5. The molecule has 0 saturated heterocycles. The molecule has 0 spiro atoms. The van der Waals surface area contributed by atoms with Crippen LogP contribution in [0, 0.1) is 0 Å². The van der Waals surface area contributed by atoms with Crippen molar-refractivity contribution in [2.75, 3.05) is 0 Å². The number of para-hydroxylation sites is 2. The smallest absolute Gasteiger partial charge is 0.235 e. The summed E-state index contributed by atoms with van der Waals surface area (Å²) in [5, 5.41) is 10.0. The number of hydrogen-bond acceptors (Lipinski definition) is 5. The molecule has 0 unspecified atom stereocenters. The minimum absolute atomic E-state index is 0.611. The van der Waals surface area contributed by atoms with Gasteiger partial charge in [0, 0.05) is 61.0 Å². The zero-order valence-corrected chi connectivity index (χ0v) is 26.8. The summed E-state index contributed by atoms with van der Waals surface area (Å²) in [5.74, 6) is 0.611. The Kier molecular flexibility index (Phi) is 4.51. The number of pyridine rings is 2. The van der Waals surface area contributed by atoms with Crippen molar-refractivity contribution in [3.63, 3.8) is 0 Å². The van der Waals surface area contributed by atoms with E-state index in [0.29, 0.717) is 5.95 Å². The second kappa shape index (κ2) is 8.91. The van der Waals surface area contributed by atoms with Crippen molar-refractivity contribution in [3.05, 3.63) is 134 Å². The second-order valence-electron chi connectivity index (χ2n) is 13.4. The first kappa shape index (κ1) is 25.8. The Morgan fingerprint density at radius 3 is 2.20 bits per heavy atom. The third kappa shape index (κ3) is 3.07. The second-order valence-corrected chi connectivity index (χ2v) is 13.4. The van der Waals surface area contributed by atoms with Gasteiger partial charge in [-0.25, -0.2) is 9.97 Å². The van der Waals surface area contributed by atoms with Crippen LogP contribution in [-0.4, -0.2) is 28.9 Å². The zero-order chi connectivity index (χ0) is 32.9. The lowest BCUT2D eigenvalue weighted by Crippen LogP contribution is -2.04. The maximum atomic E-state index is 6.60. The fourth-order valence-corrected chi connectivity index (χ4v) is 8.92. The molecule has 0 bridgehead atoms. The normalized spacial score (nSPS) is 12.7. The molecule has 7 aromatic heterocycles. The summed E-state index contributed by atoms with van der Waals surface area (Å²) in [7, 11) is 0. The third-order valence-corrected chi connectivity index (χ3v) is 10.9. The van der Waals surface area contributed by atoms with Gasteiger partial charge in [-0.05, 0) is 66.7 Å². The number of nitrogens with zero attached hydrogens (tertiary/aromatic N) is 6. The number of benzene rings is 6. The predicted octanol–water partition coefficient (Wildman–Crippen LogP) is 10.8. The molecule has 0 atom stereocenters. The van der Waals surface area contributed by atoms with Gasteiger partial charge in [0.15, 0.2) is 0 Å². The van der Waals surface area contributed by atoms with Crippen molar-refractivity contribution in [2.45, 2.75) is 0 Å². The van der Waals surface area contributed by atoms with Crippen LogP contribution in [0.2, 0.25) is 0 Å². The lowest BCUT2D eigenvalue weighted by Gasteiger charge is -2.14. The predicted molar refractivity (Wildman–Crippen MR) is 206 cm³/mol. The first-order valence-corrected chi connectivity index (χ1v) is 17.1. The fourth-order valence-electron chi connectivity index (χ4n) is 8.92. The molecule has 6 aromatic carbocycles. The van der Waals surface area contributed by atoms with Crippen molar-refractivity contribution in [2.24, 2.45) is 0 Å². The number of furan rings is 1. The minimum atomic E-state index is 0.611. The molecule has 7 heterocycles. The molecular weight excluding hydrogens is 629 g/mol. The van der Waals surface area contributed by atoms with E-state index in [1.165, 1.54) is 21.8 Å². The molecule has 0 saturated carbocycles.